The molecule has 0 saturated heterocycles. The molecule has 5 nitrogen and oxygen atoms in total. The number of carboxylic acid groups (broad SMARTS) is 1. The van der Waals surface area contributed by atoms with Gasteiger partial charge in [0, 0.05) is 11.6 Å². The second kappa shape index (κ2) is 6.21. The van der Waals surface area contributed by atoms with Gasteiger partial charge in [-0.25, -0.2) is 18.4 Å². The van der Waals surface area contributed by atoms with Crippen LogP contribution >= 0.6 is 0 Å². The summed E-state index contributed by atoms with van der Waals surface area (Å²) >= 11 is 0. The lowest BCUT2D eigenvalue weighted by Crippen LogP contribution is -2.11. The lowest BCUT2D eigenvalue weighted by molar-refractivity contribution is 0.0692. The summed E-state index contributed by atoms with van der Waals surface area (Å²) in [5, 5.41) is 9.15. The number of hydrogen-bond donors (Lipinski definition) is 1. The Morgan fingerprint density at radius 2 is 1.82 bits per heavy atom. The van der Waals surface area contributed by atoms with E-state index in [1.54, 1.807) is 0 Å². The molecule has 0 unspecified atom stereocenters. The minimum atomic E-state index is -1.37. The largest absolute Gasteiger partial charge is 0.513 e. The minimum Gasteiger partial charge on any atom is -0.478 e. The Balaban J connectivity index is 2.49. The van der Waals surface area contributed by atoms with Crippen LogP contribution in [0.25, 0.3) is 11.1 Å². The molecular formula is C15H10F2O5. The van der Waals surface area contributed by atoms with Gasteiger partial charge in [0.1, 0.15) is 22.9 Å². The average Bonchev–Trinajstić information content (AvgIpc) is 2.47. The molecule has 0 radical (unpaired) electrons. The van der Waals surface area contributed by atoms with Crippen LogP contribution in [-0.4, -0.2) is 24.3 Å². The third kappa shape index (κ3) is 3.20. The van der Waals surface area contributed by atoms with Gasteiger partial charge >= 0.3 is 12.1 Å². The van der Waals surface area contributed by atoms with Gasteiger partial charge in [0.25, 0.3) is 0 Å². The first-order valence-corrected chi connectivity index (χ1v) is 6.01. The highest BCUT2D eigenvalue weighted by Gasteiger charge is 2.17. The third-order valence-electron chi connectivity index (χ3n) is 2.81. The van der Waals surface area contributed by atoms with Crippen molar-refractivity contribution in [3.8, 4) is 16.9 Å². The first kappa shape index (κ1) is 15.4. The lowest BCUT2D eigenvalue weighted by atomic mass is 10.0. The summed E-state index contributed by atoms with van der Waals surface area (Å²) in [6, 6.07) is 6.59. The van der Waals surface area contributed by atoms with Gasteiger partial charge in [-0.3, -0.25) is 0 Å². The van der Waals surface area contributed by atoms with Crippen LogP contribution < -0.4 is 4.74 Å². The molecule has 0 bridgehead atoms. The molecule has 0 saturated carbocycles. The summed E-state index contributed by atoms with van der Waals surface area (Å²) in [5.41, 5.74) is -0.132. The number of carbonyl (C=O) groups excluding carboxylic acids is 1. The Kier molecular flexibility index (Phi) is 4.36. The molecule has 0 heterocycles. The average molecular weight is 308 g/mol. The fourth-order valence-corrected chi connectivity index (χ4v) is 1.81. The molecule has 2 aromatic carbocycles. The highest BCUT2D eigenvalue weighted by Crippen LogP contribution is 2.29. The van der Waals surface area contributed by atoms with Crippen LogP contribution in [0.2, 0.25) is 0 Å². The summed E-state index contributed by atoms with van der Waals surface area (Å²) in [6.07, 6.45) is -1.08. The van der Waals surface area contributed by atoms with Crippen molar-refractivity contribution in [2.75, 3.05) is 7.11 Å². The number of halogens is 2. The number of hydrogen-bond acceptors (Lipinski definition) is 4. The van der Waals surface area contributed by atoms with E-state index >= 15 is 0 Å². The summed E-state index contributed by atoms with van der Waals surface area (Å²) < 4.78 is 35.6. The maximum absolute atomic E-state index is 13.7. The zero-order valence-corrected chi connectivity index (χ0v) is 11.3. The lowest BCUT2D eigenvalue weighted by Gasteiger charge is -2.09. The van der Waals surface area contributed by atoms with E-state index in [4.69, 9.17) is 9.84 Å². The number of benzene rings is 2. The van der Waals surface area contributed by atoms with Gasteiger partial charge in [0.05, 0.1) is 7.11 Å². The summed E-state index contributed by atoms with van der Waals surface area (Å²) in [7, 11) is 1.07. The second-order valence-corrected chi connectivity index (χ2v) is 4.20. The number of rotatable bonds is 3. The number of carboxylic acids is 1. The van der Waals surface area contributed by atoms with Crippen molar-refractivity contribution in [2.24, 2.45) is 0 Å². The number of aromatic carboxylic acids is 1. The van der Waals surface area contributed by atoms with Gasteiger partial charge in [-0.2, -0.15) is 0 Å². The van der Waals surface area contributed by atoms with Crippen molar-refractivity contribution in [3.63, 3.8) is 0 Å². The molecular weight excluding hydrogens is 298 g/mol. The minimum absolute atomic E-state index is 0.0218. The zero-order valence-electron chi connectivity index (χ0n) is 11.3. The van der Waals surface area contributed by atoms with E-state index in [0.717, 1.165) is 19.2 Å². The molecule has 7 heteroatoms. The van der Waals surface area contributed by atoms with Crippen molar-refractivity contribution < 1.29 is 33.0 Å². The number of ether oxygens (including phenoxy) is 2. The zero-order chi connectivity index (χ0) is 16.3. The van der Waals surface area contributed by atoms with Crippen LogP contribution in [0.4, 0.5) is 13.6 Å². The van der Waals surface area contributed by atoms with Crippen LogP contribution in [0.1, 0.15) is 10.4 Å². The Morgan fingerprint density at radius 3 is 2.41 bits per heavy atom. The Bertz CT molecular complexity index is 743. The molecule has 0 atom stereocenters. The van der Waals surface area contributed by atoms with E-state index in [1.165, 1.54) is 18.2 Å². The van der Waals surface area contributed by atoms with Crippen molar-refractivity contribution in [1.82, 2.24) is 0 Å². The first-order valence-electron chi connectivity index (χ1n) is 6.01. The molecule has 0 amide bonds. The highest BCUT2D eigenvalue weighted by molar-refractivity contribution is 5.93. The van der Waals surface area contributed by atoms with E-state index in [9.17, 15) is 18.4 Å². The van der Waals surface area contributed by atoms with Crippen molar-refractivity contribution in [3.05, 3.63) is 53.6 Å². The summed E-state index contributed by atoms with van der Waals surface area (Å²) in [4.78, 5) is 22.3. The topological polar surface area (TPSA) is 72.8 Å². The van der Waals surface area contributed by atoms with Gasteiger partial charge in [-0.15, -0.1) is 0 Å². The molecule has 22 heavy (non-hydrogen) atoms. The van der Waals surface area contributed by atoms with Crippen LogP contribution in [0.15, 0.2) is 36.4 Å². The number of methoxy groups -OCH3 is 1. The quantitative estimate of drug-likeness (QED) is 0.694. The smallest absolute Gasteiger partial charge is 0.478 e. The predicted octanol–water partition coefficient (Wildman–Crippen LogP) is 3.48. The van der Waals surface area contributed by atoms with Crippen LogP contribution in [-0.2, 0) is 4.74 Å². The maximum Gasteiger partial charge on any atom is 0.513 e. The summed E-state index contributed by atoms with van der Waals surface area (Å²) in [6.45, 7) is 0. The van der Waals surface area contributed by atoms with E-state index in [-0.39, 0.29) is 22.4 Å². The maximum atomic E-state index is 13.7. The van der Waals surface area contributed by atoms with Crippen molar-refractivity contribution in [1.29, 1.82) is 0 Å². The first-order chi connectivity index (χ1) is 10.4. The van der Waals surface area contributed by atoms with E-state index in [0.29, 0.717) is 6.07 Å². The summed E-state index contributed by atoms with van der Waals surface area (Å²) in [5.74, 6) is -3.20. The Hall–Kier alpha value is -2.96. The Labute approximate surface area is 123 Å². The molecule has 114 valence electrons. The van der Waals surface area contributed by atoms with E-state index in [2.05, 4.69) is 4.74 Å². The molecule has 0 aromatic heterocycles. The van der Waals surface area contributed by atoms with Gasteiger partial charge in [-0.1, -0.05) is 6.07 Å². The Morgan fingerprint density at radius 1 is 1.09 bits per heavy atom. The third-order valence-corrected chi connectivity index (χ3v) is 2.81. The molecule has 0 aliphatic carbocycles. The van der Waals surface area contributed by atoms with Crippen LogP contribution in [0.3, 0.4) is 0 Å². The fourth-order valence-electron chi connectivity index (χ4n) is 1.81. The normalized spacial score (nSPS) is 10.1. The fraction of sp³-hybridized carbons (Fsp3) is 0.0667. The van der Waals surface area contributed by atoms with Gasteiger partial charge in [-0.05, 0) is 29.8 Å². The predicted molar refractivity (Wildman–Crippen MR) is 71.8 cm³/mol. The molecule has 0 spiro atoms. The van der Waals surface area contributed by atoms with E-state index in [1.807, 2.05) is 0 Å². The molecule has 2 aromatic rings. The monoisotopic (exact) mass is 308 g/mol. The van der Waals surface area contributed by atoms with Crippen molar-refractivity contribution in [2.45, 2.75) is 0 Å². The standard InChI is InChI=1S/C15H10F2O5/c1-21-15(20)22-13-5-2-8(6-11(13)14(18)19)10-4-3-9(16)7-12(10)17/h2-7H,1H3,(H,18,19). The molecule has 1 N–H and O–H groups in total. The van der Waals surface area contributed by atoms with Crippen LogP contribution in [0.5, 0.6) is 5.75 Å². The second-order valence-electron chi connectivity index (χ2n) is 4.20. The molecule has 0 aliphatic heterocycles. The van der Waals surface area contributed by atoms with Gasteiger partial charge in [0.15, 0.2) is 0 Å². The van der Waals surface area contributed by atoms with E-state index < -0.39 is 23.8 Å². The van der Waals surface area contributed by atoms with Gasteiger partial charge < -0.3 is 14.6 Å². The van der Waals surface area contributed by atoms with Crippen molar-refractivity contribution >= 4 is 12.1 Å². The SMILES string of the molecule is COC(=O)Oc1ccc(-c2ccc(F)cc2F)cc1C(=O)O. The highest BCUT2D eigenvalue weighted by atomic mass is 19.1. The van der Waals surface area contributed by atoms with Crippen LogP contribution in [0, 0.1) is 11.6 Å². The van der Waals surface area contributed by atoms with Gasteiger partial charge in [0.2, 0.25) is 0 Å². The molecule has 0 aliphatic rings. The molecule has 2 rings (SSSR count). The molecule has 0 fully saturated rings. The number of carbonyl (C=O) groups is 2.